The number of hydrogen-bond donors (Lipinski definition) is 0. The quantitative estimate of drug-likeness (QED) is 0.677. The van der Waals surface area contributed by atoms with Crippen molar-refractivity contribution in [2.24, 2.45) is 5.41 Å². The van der Waals surface area contributed by atoms with Crippen molar-refractivity contribution in [1.29, 1.82) is 0 Å². The third kappa shape index (κ3) is 2.64. The molecule has 17 heavy (non-hydrogen) atoms. The van der Waals surface area contributed by atoms with Crippen LogP contribution in [0, 0.1) is 5.41 Å². The lowest BCUT2D eigenvalue weighted by Gasteiger charge is -2.46. The standard InChI is InChI=1S/C14H19ClS2/c1-13(2,3)14(16-9-4-10-17-14)11-5-7-12(15)8-6-11/h5-8H,4,9-10H2,1-3H3. The molecule has 0 bridgehead atoms. The molecule has 0 spiro atoms. The van der Waals surface area contributed by atoms with Crippen molar-refractivity contribution in [2.75, 3.05) is 11.5 Å². The van der Waals surface area contributed by atoms with Gasteiger partial charge in [-0.05, 0) is 41.0 Å². The van der Waals surface area contributed by atoms with Gasteiger partial charge in [-0.25, -0.2) is 0 Å². The molecule has 2 rings (SSSR count). The van der Waals surface area contributed by atoms with Crippen molar-refractivity contribution in [3.8, 4) is 0 Å². The Labute approximate surface area is 118 Å². The minimum Gasteiger partial charge on any atom is -0.139 e. The highest BCUT2D eigenvalue weighted by molar-refractivity contribution is 8.18. The van der Waals surface area contributed by atoms with Crippen LogP contribution >= 0.6 is 35.1 Å². The minimum absolute atomic E-state index is 0.176. The van der Waals surface area contributed by atoms with Crippen LogP contribution in [0.3, 0.4) is 0 Å². The fourth-order valence-electron chi connectivity index (χ4n) is 2.23. The van der Waals surface area contributed by atoms with Crippen molar-refractivity contribution in [2.45, 2.75) is 31.3 Å². The number of thioether (sulfide) groups is 2. The lowest BCUT2D eigenvalue weighted by atomic mass is 9.86. The van der Waals surface area contributed by atoms with Gasteiger partial charge in [0.2, 0.25) is 0 Å². The molecule has 0 aromatic heterocycles. The SMILES string of the molecule is CC(C)(C)C1(c2ccc(Cl)cc2)SCCCS1. The predicted octanol–water partition coefficient (Wildman–Crippen LogP) is 5.41. The zero-order valence-corrected chi connectivity index (χ0v) is 13.0. The van der Waals surface area contributed by atoms with E-state index in [0.717, 1.165) is 5.02 Å². The van der Waals surface area contributed by atoms with Gasteiger partial charge in [0.05, 0.1) is 4.08 Å². The molecule has 0 N–H and O–H groups in total. The second-order valence-electron chi connectivity index (χ2n) is 5.42. The van der Waals surface area contributed by atoms with E-state index in [1.165, 1.54) is 23.5 Å². The summed E-state index contributed by atoms with van der Waals surface area (Å²) in [7, 11) is 0. The summed E-state index contributed by atoms with van der Waals surface area (Å²) in [6, 6.07) is 8.41. The minimum atomic E-state index is 0.176. The fourth-order valence-corrected chi connectivity index (χ4v) is 6.00. The van der Waals surface area contributed by atoms with E-state index in [0.29, 0.717) is 0 Å². The lowest BCUT2D eigenvalue weighted by Crippen LogP contribution is -2.36. The number of hydrogen-bond acceptors (Lipinski definition) is 2. The number of halogens is 1. The molecule has 0 unspecified atom stereocenters. The van der Waals surface area contributed by atoms with Crippen LogP contribution in [0.1, 0.15) is 32.8 Å². The Balaban J connectivity index is 2.43. The van der Waals surface area contributed by atoms with E-state index in [-0.39, 0.29) is 9.49 Å². The third-order valence-corrected chi connectivity index (χ3v) is 7.56. The second kappa shape index (κ2) is 5.07. The van der Waals surface area contributed by atoms with Crippen molar-refractivity contribution < 1.29 is 0 Å². The maximum atomic E-state index is 6.00. The largest absolute Gasteiger partial charge is 0.139 e. The summed E-state index contributed by atoms with van der Waals surface area (Å²) in [4.78, 5) is 0. The normalized spacial score (nSPS) is 20.2. The summed E-state index contributed by atoms with van der Waals surface area (Å²) >= 11 is 10.2. The zero-order valence-electron chi connectivity index (χ0n) is 10.6. The molecular weight excluding hydrogens is 268 g/mol. The molecule has 3 heteroatoms. The highest BCUT2D eigenvalue weighted by Crippen LogP contribution is 2.60. The van der Waals surface area contributed by atoms with Crippen LogP contribution < -0.4 is 0 Å². The average molecular weight is 287 g/mol. The van der Waals surface area contributed by atoms with E-state index in [4.69, 9.17) is 11.6 Å². The first-order valence-electron chi connectivity index (χ1n) is 6.00. The maximum absolute atomic E-state index is 6.00. The molecule has 1 fully saturated rings. The second-order valence-corrected chi connectivity index (χ2v) is 8.74. The Kier molecular flexibility index (Phi) is 4.06. The number of benzene rings is 1. The molecule has 0 atom stereocenters. The van der Waals surface area contributed by atoms with E-state index < -0.39 is 0 Å². The summed E-state index contributed by atoms with van der Waals surface area (Å²) < 4.78 is 0.176. The summed E-state index contributed by atoms with van der Waals surface area (Å²) in [5, 5.41) is 0.823. The van der Waals surface area contributed by atoms with Crippen LogP contribution in [0.5, 0.6) is 0 Å². The molecule has 0 aliphatic carbocycles. The Bertz CT molecular complexity index is 372. The third-order valence-electron chi connectivity index (χ3n) is 3.11. The molecule has 1 saturated heterocycles. The van der Waals surface area contributed by atoms with Crippen molar-refractivity contribution in [3.63, 3.8) is 0 Å². The molecule has 94 valence electrons. The molecule has 1 heterocycles. The summed E-state index contributed by atoms with van der Waals surface area (Å²) in [6.07, 6.45) is 1.32. The van der Waals surface area contributed by atoms with Gasteiger partial charge in [-0.15, -0.1) is 23.5 Å². The van der Waals surface area contributed by atoms with Gasteiger partial charge in [0.15, 0.2) is 0 Å². The topological polar surface area (TPSA) is 0 Å². The summed E-state index contributed by atoms with van der Waals surface area (Å²) in [6.45, 7) is 7.02. The van der Waals surface area contributed by atoms with Gasteiger partial charge in [-0.2, -0.15) is 0 Å². The smallest absolute Gasteiger partial charge is 0.0908 e. The first-order chi connectivity index (χ1) is 7.96. The van der Waals surface area contributed by atoms with E-state index in [2.05, 4.69) is 56.4 Å². The molecule has 0 amide bonds. The molecule has 1 aliphatic heterocycles. The molecular formula is C14H19ClS2. The van der Waals surface area contributed by atoms with Crippen molar-refractivity contribution >= 4 is 35.1 Å². The monoisotopic (exact) mass is 286 g/mol. The van der Waals surface area contributed by atoms with Crippen LogP contribution in [-0.4, -0.2) is 11.5 Å². The molecule has 0 saturated carbocycles. The van der Waals surface area contributed by atoms with Crippen LogP contribution in [0.2, 0.25) is 5.02 Å². The molecule has 1 aromatic rings. The van der Waals surface area contributed by atoms with Gasteiger partial charge in [-0.3, -0.25) is 0 Å². The van der Waals surface area contributed by atoms with Crippen molar-refractivity contribution in [3.05, 3.63) is 34.9 Å². The molecule has 1 aliphatic rings. The molecule has 0 nitrogen and oxygen atoms in total. The van der Waals surface area contributed by atoms with E-state index in [1.807, 2.05) is 12.1 Å². The Morgan fingerprint density at radius 1 is 1.06 bits per heavy atom. The van der Waals surface area contributed by atoms with Gasteiger partial charge in [0, 0.05) is 5.02 Å². The summed E-state index contributed by atoms with van der Waals surface area (Å²) in [5.41, 5.74) is 1.65. The van der Waals surface area contributed by atoms with Gasteiger partial charge >= 0.3 is 0 Å². The average Bonchev–Trinajstić information content (AvgIpc) is 2.29. The maximum Gasteiger partial charge on any atom is 0.0908 e. The Morgan fingerprint density at radius 3 is 2.06 bits per heavy atom. The van der Waals surface area contributed by atoms with Gasteiger partial charge in [0.25, 0.3) is 0 Å². The van der Waals surface area contributed by atoms with Crippen molar-refractivity contribution in [1.82, 2.24) is 0 Å². The molecule has 0 radical (unpaired) electrons. The van der Waals surface area contributed by atoms with Gasteiger partial charge in [0.1, 0.15) is 0 Å². The van der Waals surface area contributed by atoms with Gasteiger partial charge < -0.3 is 0 Å². The first kappa shape index (κ1) is 13.6. The van der Waals surface area contributed by atoms with E-state index >= 15 is 0 Å². The van der Waals surface area contributed by atoms with Crippen LogP contribution in [-0.2, 0) is 4.08 Å². The number of rotatable bonds is 1. The van der Waals surface area contributed by atoms with E-state index in [1.54, 1.807) is 0 Å². The van der Waals surface area contributed by atoms with E-state index in [9.17, 15) is 0 Å². The molecule has 1 aromatic carbocycles. The predicted molar refractivity (Wildman–Crippen MR) is 82.1 cm³/mol. The Hall–Kier alpha value is 0.210. The summed E-state index contributed by atoms with van der Waals surface area (Å²) in [5.74, 6) is 2.51. The highest BCUT2D eigenvalue weighted by atomic mass is 35.5. The lowest BCUT2D eigenvalue weighted by molar-refractivity contribution is 0.371. The van der Waals surface area contributed by atoms with Gasteiger partial charge in [-0.1, -0.05) is 44.5 Å². The fraction of sp³-hybridized carbons (Fsp3) is 0.571. The highest BCUT2D eigenvalue weighted by Gasteiger charge is 2.45. The van der Waals surface area contributed by atoms with Crippen LogP contribution in [0.25, 0.3) is 0 Å². The zero-order chi connectivity index (χ0) is 12.5. The Morgan fingerprint density at radius 2 is 1.59 bits per heavy atom. The van der Waals surface area contributed by atoms with Crippen LogP contribution in [0.4, 0.5) is 0 Å². The first-order valence-corrected chi connectivity index (χ1v) is 8.35. The van der Waals surface area contributed by atoms with Crippen LogP contribution in [0.15, 0.2) is 24.3 Å².